The zero-order valence-corrected chi connectivity index (χ0v) is 14.3. The molecule has 3 aromatic rings. The van der Waals surface area contributed by atoms with Crippen molar-refractivity contribution in [1.82, 2.24) is 4.72 Å². The molecule has 3 rings (SSSR count). The Morgan fingerprint density at radius 1 is 1.09 bits per heavy atom. The molecule has 0 radical (unpaired) electrons. The van der Waals surface area contributed by atoms with Crippen molar-refractivity contribution >= 4 is 21.4 Å². The molecule has 120 valence electrons. The van der Waals surface area contributed by atoms with Crippen LogP contribution in [-0.2, 0) is 22.3 Å². The van der Waals surface area contributed by atoms with Gasteiger partial charge in [-0.25, -0.2) is 13.1 Å². The Bertz CT molecular complexity index is 863. The van der Waals surface area contributed by atoms with Gasteiger partial charge in [0.1, 0.15) is 11.5 Å². The van der Waals surface area contributed by atoms with E-state index in [2.05, 4.69) is 4.72 Å². The molecule has 6 heteroatoms. The Hall–Kier alpha value is -1.89. The van der Waals surface area contributed by atoms with Crippen LogP contribution in [0.15, 0.2) is 58.3 Å². The van der Waals surface area contributed by atoms with E-state index in [0.29, 0.717) is 5.76 Å². The number of sulfonamides is 1. The topological polar surface area (TPSA) is 59.3 Å². The third-order valence-corrected chi connectivity index (χ3v) is 5.55. The van der Waals surface area contributed by atoms with Crippen LogP contribution >= 0.6 is 11.3 Å². The fourth-order valence-electron chi connectivity index (χ4n) is 2.16. The van der Waals surface area contributed by atoms with Crippen LogP contribution in [0.5, 0.6) is 0 Å². The van der Waals surface area contributed by atoms with Crippen LogP contribution in [0.1, 0.15) is 16.9 Å². The molecule has 4 nitrogen and oxygen atoms in total. The van der Waals surface area contributed by atoms with Crippen LogP contribution in [0.4, 0.5) is 0 Å². The van der Waals surface area contributed by atoms with Crippen molar-refractivity contribution < 1.29 is 12.8 Å². The number of nitrogens with one attached hydrogen (secondary N) is 1. The second-order valence-electron chi connectivity index (χ2n) is 5.31. The van der Waals surface area contributed by atoms with E-state index in [4.69, 9.17) is 4.42 Å². The first-order chi connectivity index (χ1) is 11.0. The van der Waals surface area contributed by atoms with Crippen LogP contribution in [0.3, 0.4) is 0 Å². The van der Waals surface area contributed by atoms with E-state index < -0.39 is 10.0 Å². The van der Waals surface area contributed by atoms with Gasteiger partial charge in [-0.2, -0.15) is 0 Å². The normalized spacial score (nSPS) is 11.7. The molecule has 0 fully saturated rings. The van der Waals surface area contributed by atoms with E-state index in [9.17, 15) is 8.42 Å². The Morgan fingerprint density at radius 2 is 1.87 bits per heavy atom. The average molecular weight is 347 g/mol. The van der Waals surface area contributed by atoms with Crippen molar-refractivity contribution in [3.8, 4) is 10.6 Å². The minimum absolute atomic E-state index is 0.0359. The summed E-state index contributed by atoms with van der Waals surface area (Å²) in [6, 6.07) is 15.0. The number of furan rings is 1. The van der Waals surface area contributed by atoms with Gasteiger partial charge in [-0.15, -0.1) is 11.3 Å². The van der Waals surface area contributed by atoms with Gasteiger partial charge in [-0.05, 0) is 36.1 Å². The Balaban J connectivity index is 1.62. The van der Waals surface area contributed by atoms with Gasteiger partial charge in [0.15, 0.2) is 0 Å². The largest absolute Gasteiger partial charge is 0.459 e. The van der Waals surface area contributed by atoms with Gasteiger partial charge in [0, 0.05) is 0 Å². The molecule has 0 unspecified atom stereocenters. The summed E-state index contributed by atoms with van der Waals surface area (Å²) in [5.41, 5.74) is 1.87. The monoisotopic (exact) mass is 347 g/mol. The molecule has 0 amide bonds. The molecular formula is C17H17NO3S2. The zero-order chi connectivity index (χ0) is 16.3. The van der Waals surface area contributed by atoms with Crippen LogP contribution in [0.25, 0.3) is 10.6 Å². The Morgan fingerprint density at radius 3 is 2.57 bits per heavy atom. The molecule has 0 bridgehead atoms. The average Bonchev–Trinajstić information content (AvgIpc) is 3.18. The number of aryl methyl sites for hydroxylation is 1. The molecule has 0 aliphatic carbocycles. The third-order valence-electron chi connectivity index (χ3n) is 3.37. The molecular weight excluding hydrogens is 330 g/mol. The van der Waals surface area contributed by atoms with Crippen LogP contribution in [-0.4, -0.2) is 8.42 Å². The standard InChI is InChI=1S/C17H17NO3S2/c1-13-4-6-14(7-5-13)12-23(19,20)18-11-15-8-9-16(21-15)17-3-2-10-22-17/h2-10,18H,11-12H2,1H3. The predicted octanol–water partition coefficient (Wildman–Crippen LogP) is 3.94. The number of thiophene rings is 1. The second kappa shape index (κ2) is 6.70. The first-order valence-corrected chi connectivity index (χ1v) is 9.70. The summed E-state index contributed by atoms with van der Waals surface area (Å²) in [7, 11) is -3.40. The molecule has 0 saturated heterocycles. The first-order valence-electron chi connectivity index (χ1n) is 7.17. The number of benzene rings is 1. The lowest BCUT2D eigenvalue weighted by atomic mass is 10.2. The lowest BCUT2D eigenvalue weighted by molar-refractivity contribution is 0.510. The summed E-state index contributed by atoms with van der Waals surface area (Å²) in [5, 5.41) is 1.97. The molecule has 1 N–H and O–H groups in total. The van der Waals surface area contributed by atoms with Gasteiger partial charge >= 0.3 is 0 Å². The van der Waals surface area contributed by atoms with E-state index in [1.165, 1.54) is 0 Å². The molecule has 0 saturated carbocycles. The molecule has 2 heterocycles. The SMILES string of the molecule is Cc1ccc(CS(=O)(=O)NCc2ccc(-c3cccs3)o2)cc1. The van der Waals surface area contributed by atoms with Gasteiger partial charge < -0.3 is 4.42 Å². The number of hydrogen-bond acceptors (Lipinski definition) is 4. The van der Waals surface area contributed by atoms with Crippen molar-refractivity contribution in [2.75, 3.05) is 0 Å². The van der Waals surface area contributed by atoms with Gasteiger partial charge in [0.25, 0.3) is 0 Å². The van der Waals surface area contributed by atoms with E-state index in [-0.39, 0.29) is 12.3 Å². The molecule has 0 atom stereocenters. The smallest absolute Gasteiger partial charge is 0.216 e. The predicted molar refractivity (Wildman–Crippen MR) is 92.7 cm³/mol. The Labute approximate surface area is 139 Å². The molecule has 2 aromatic heterocycles. The lowest BCUT2D eigenvalue weighted by Gasteiger charge is -2.06. The molecule has 1 aromatic carbocycles. The van der Waals surface area contributed by atoms with Crippen molar-refractivity contribution in [3.05, 3.63) is 70.8 Å². The van der Waals surface area contributed by atoms with Crippen LogP contribution < -0.4 is 4.72 Å². The zero-order valence-electron chi connectivity index (χ0n) is 12.7. The molecule has 23 heavy (non-hydrogen) atoms. The fourth-order valence-corrected chi connectivity index (χ4v) is 3.94. The fraction of sp³-hybridized carbons (Fsp3) is 0.176. The van der Waals surface area contributed by atoms with Gasteiger partial charge in [0.05, 0.1) is 17.2 Å². The van der Waals surface area contributed by atoms with Crippen molar-refractivity contribution in [2.45, 2.75) is 19.2 Å². The van der Waals surface area contributed by atoms with Gasteiger partial charge in [0.2, 0.25) is 10.0 Å². The number of rotatable bonds is 6. The molecule has 0 aliphatic rings. The highest BCUT2D eigenvalue weighted by Crippen LogP contribution is 2.26. The summed E-state index contributed by atoms with van der Waals surface area (Å²) in [6.45, 7) is 2.12. The Kier molecular flexibility index (Phi) is 4.66. The van der Waals surface area contributed by atoms with E-state index >= 15 is 0 Å². The summed E-state index contributed by atoms with van der Waals surface area (Å²) in [5.74, 6) is 1.32. The maximum atomic E-state index is 12.1. The van der Waals surface area contributed by atoms with Crippen molar-refractivity contribution in [2.24, 2.45) is 0 Å². The van der Waals surface area contributed by atoms with Crippen LogP contribution in [0.2, 0.25) is 0 Å². The summed E-state index contributed by atoms with van der Waals surface area (Å²) in [6.07, 6.45) is 0. The minimum atomic E-state index is -3.40. The van der Waals surface area contributed by atoms with Crippen molar-refractivity contribution in [3.63, 3.8) is 0 Å². The third kappa shape index (κ3) is 4.31. The highest BCUT2D eigenvalue weighted by molar-refractivity contribution is 7.88. The van der Waals surface area contributed by atoms with E-state index in [1.807, 2.05) is 54.8 Å². The minimum Gasteiger partial charge on any atom is -0.459 e. The highest BCUT2D eigenvalue weighted by Gasteiger charge is 2.13. The van der Waals surface area contributed by atoms with E-state index in [0.717, 1.165) is 21.8 Å². The summed E-state index contributed by atoms with van der Waals surface area (Å²) >= 11 is 1.58. The molecule has 0 aliphatic heterocycles. The van der Waals surface area contributed by atoms with Gasteiger partial charge in [-0.3, -0.25) is 0 Å². The van der Waals surface area contributed by atoms with Crippen molar-refractivity contribution in [1.29, 1.82) is 0 Å². The highest BCUT2D eigenvalue weighted by atomic mass is 32.2. The second-order valence-corrected chi connectivity index (χ2v) is 8.06. The maximum absolute atomic E-state index is 12.1. The summed E-state index contributed by atoms with van der Waals surface area (Å²) in [4.78, 5) is 1.03. The summed E-state index contributed by atoms with van der Waals surface area (Å²) < 4.78 is 32.5. The van der Waals surface area contributed by atoms with E-state index in [1.54, 1.807) is 17.4 Å². The van der Waals surface area contributed by atoms with Crippen LogP contribution in [0, 0.1) is 6.92 Å². The first kappa shape index (κ1) is 16.0. The molecule has 0 spiro atoms. The lowest BCUT2D eigenvalue weighted by Crippen LogP contribution is -2.24. The maximum Gasteiger partial charge on any atom is 0.216 e. The quantitative estimate of drug-likeness (QED) is 0.735. The number of hydrogen-bond donors (Lipinski definition) is 1. The van der Waals surface area contributed by atoms with Gasteiger partial charge in [-0.1, -0.05) is 35.9 Å².